The summed E-state index contributed by atoms with van der Waals surface area (Å²) < 4.78 is 0. The summed E-state index contributed by atoms with van der Waals surface area (Å²) in [5, 5.41) is 10.4. The first kappa shape index (κ1) is 14.6. The molecule has 0 saturated carbocycles. The van der Waals surface area contributed by atoms with Crippen LogP contribution in [0.4, 0.5) is 5.69 Å². The van der Waals surface area contributed by atoms with E-state index in [2.05, 4.69) is 5.43 Å². The van der Waals surface area contributed by atoms with Crippen LogP contribution in [0.1, 0.15) is 5.56 Å². The molecule has 114 valence electrons. The molecule has 1 heterocycles. The number of carbonyl (C=O) groups excluding carboxylic acids is 2. The normalized spacial score (nSPS) is 16.3. The zero-order valence-corrected chi connectivity index (χ0v) is 12.1. The van der Waals surface area contributed by atoms with Gasteiger partial charge in [-0.15, -0.1) is 0 Å². The number of nitrogens with one attached hydrogen (secondary N) is 1. The molecule has 0 unspecified atom stereocenters. The molecule has 1 aliphatic heterocycles. The second kappa shape index (κ2) is 6.19. The number of hydrazine groups is 1. The van der Waals surface area contributed by atoms with Gasteiger partial charge in [-0.2, -0.15) is 0 Å². The van der Waals surface area contributed by atoms with Gasteiger partial charge >= 0.3 is 0 Å². The van der Waals surface area contributed by atoms with Gasteiger partial charge in [0.1, 0.15) is 11.3 Å². The summed E-state index contributed by atoms with van der Waals surface area (Å²) in [6.45, 7) is 0. The molecule has 2 aromatic rings. The molecule has 5 heteroatoms. The van der Waals surface area contributed by atoms with Gasteiger partial charge in [0.25, 0.3) is 11.8 Å². The average molecular weight is 306 g/mol. The van der Waals surface area contributed by atoms with Crippen LogP contribution < -0.4 is 10.4 Å². The summed E-state index contributed by atoms with van der Waals surface area (Å²) in [4.78, 5) is 24.3. The van der Waals surface area contributed by atoms with Gasteiger partial charge in [0, 0.05) is 0 Å². The standard InChI is InChI=1S/C18H14N2O3/c21-15-11-9-13(10-12-15)5-4-8-16-17(22)19-20(18(16)23)14-6-2-1-3-7-14/h1-12,21H,(H,19,22)/b5-4+,16-8-. The van der Waals surface area contributed by atoms with Gasteiger partial charge in [-0.25, -0.2) is 5.01 Å². The van der Waals surface area contributed by atoms with Gasteiger partial charge in [0.15, 0.2) is 0 Å². The second-order valence-corrected chi connectivity index (χ2v) is 4.95. The van der Waals surface area contributed by atoms with Crippen LogP contribution in [0.25, 0.3) is 6.08 Å². The average Bonchev–Trinajstić information content (AvgIpc) is 2.85. The van der Waals surface area contributed by atoms with Gasteiger partial charge in [0.2, 0.25) is 0 Å². The van der Waals surface area contributed by atoms with Crippen molar-refractivity contribution in [1.29, 1.82) is 0 Å². The summed E-state index contributed by atoms with van der Waals surface area (Å²) in [7, 11) is 0. The lowest BCUT2D eigenvalue weighted by Crippen LogP contribution is -2.35. The molecule has 0 atom stereocenters. The lowest BCUT2D eigenvalue weighted by molar-refractivity contribution is -0.117. The van der Waals surface area contributed by atoms with Crippen molar-refractivity contribution in [2.75, 3.05) is 5.01 Å². The summed E-state index contributed by atoms with van der Waals surface area (Å²) in [6.07, 6.45) is 4.86. The molecule has 2 amide bonds. The molecule has 1 saturated heterocycles. The fourth-order valence-electron chi connectivity index (χ4n) is 2.18. The van der Waals surface area contributed by atoms with Gasteiger partial charge in [-0.3, -0.25) is 15.0 Å². The van der Waals surface area contributed by atoms with Crippen molar-refractivity contribution in [3.63, 3.8) is 0 Å². The third-order valence-electron chi connectivity index (χ3n) is 3.35. The van der Waals surface area contributed by atoms with E-state index in [1.54, 1.807) is 60.7 Å². The Morgan fingerprint density at radius 3 is 2.35 bits per heavy atom. The Labute approximate surface area is 133 Å². The number of para-hydroxylation sites is 1. The molecule has 1 aliphatic rings. The fourth-order valence-corrected chi connectivity index (χ4v) is 2.18. The summed E-state index contributed by atoms with van der Waals surface area (Å²) in [6, 6.07) is 15.5. The zero-order chi connectivity index (χ0) is 16.2. The molecule has 23 heavy (non-hydrogen) atoms. The highest BCUT2D eigenvalue weighted by Crippen LogP contribution is 2.19. The van der Waals surface area contributed by atoms with E-state index in [0.717, 1.165) is 5.56 Å². The number of hydrogen-bond donors (Lipinski definition) is 2. The van der Waals surface area contributed by atoms with Gasteiger partial charge < -0.3 is 5.11 Å². The van der Waals surface area contributed by atoms with Crippen molar-refractivity contribution in [2.45, 2.75) is 0 Å². The van der Waals surface area contributed by atoms with E-state index in [1.807, 2.05) is 6.07 Å². The maximum Gasteiger partial charge on any atom is 0.282 e. The van der Waals surface area contributed by atoms with Crippen LogP contribution in [0.5, 0.6) is 5.75 Å². The summed E-state index contributed by atoms with van der Waals surface area (Å²) in [5.41, 5.74) is 4.07. The number of carbonyl (C=O) groups is 2. The number of aromatic hydroxyl groups is 1. The van der Waals surface area contributed by atoms with Gasteiger partial charge in [0.05, 0.1) is 5.69 Å². The molecule has 0 radical (unpaired) electrons. The predicted molar refractivity (Wildman–Crippen MR) is 87.3 cm³/mol. The maximum atomic E-state index is 12.3. The molecule has 0 aliphatic carbocycles. The highest BCUT2D eigenvalue weighted by molar-refractivity contribution is 6.29. The van der Waals surface area contributed by atoms with Crippen LogP contribution in [-0.4, -0.2) is 16.9 Å². The number of benzene rings is 2. The maximum absolute atomic E-state index is 12.3. The van der Waals surface area contributed by atoms with Gasteiger partial charge in [-0.1, -0.05) is 42.5 Å². The first-order valence-corrected chi connectivity index (χ1v) is 7.03. The van der Waals surface area contributed by atoms with E-state index >= 15 is 0 Å². The Bertz CT molecular complexity index is 793. The quantitative estimate of drug-likeness (QED) is 0.676. The SMILES string of the molecule is O=C1NN(c2ccccc2)C(=O)/C1=C\C=C\c1ccc(O)cc1. The van der Waals surface area contributed by atoms with Crippen molar-refractivity contribution < 1.29 is 14.7 Å². The Balaban J connectivity index is 1.78. The molecule has 0 spiro atoms. The Morgan fingerprint density at radius 1 is 0.957 bits per heavy atom. The van der Waals surface area contributed by atoms with E-state index in [-0.39, 0.29) is 11.3 Å². The Morgan fingerprint density at radius 2 is 1.65 bits per heavy atom. The number of anilines is 1. The minimum absolute atomic E-state index is 0.0730. The zero-order valence-electron chi connectivity index (χ0n) is 12.1. The topological polar surface area (TPSA) is 69.6 Å². The Kier molecular flexibility index (Phi) is 3.93. The van der Waals surface area contributed by atoms with Crippen molar-refractivity contribution in [3.05, 3.63) is 77.9 Å². The van der Waals surface area contributed by atoms with E-state index in [9.17, 15) is 14.7 Å². The smallest absolute Gasteiger partial charge is 0.282 e. The monoisotopic (exact) mass is 306 g/mol. The van der Waals surface area contributed by atoms with Crippen molar-refractivity contribution >= 4 is 23.6 Å². The lowest BCUT2D eigenvalue weighted by atomic mass is 10.1. The Hall–Kier alpha value is -3.34. The summed E-state index contributed by atoms with van der Waals surface area (Å²) in [5.74, 6) is -0.643. The molecule has 1 fully saturated rings. The van der Waals surface area contributed by atoms with Crippen LogP contribution >= 0.6 is 0 Å². The molecular formula is C18H14N2O3. The summed E-state index contributed by atoms with van der Waals surface area (Å²) >= 11 is 0. The lowest BCUT2D eigenvalue weighted by Gasteiger charge is -2.13. The van der Waals surface area contributed by atoms with Crippen LogP contribution in [0.2, 0.25) is 0 Å². The minimum Gasteiger partial charge on any atom is -0.508 e. The molecule has 0 aromatic heterocycles. The van der Waals surface area contributed by atoms with Gasteiger partial charge in [-0.05, 0) is 35.9 Å². The highest BCUT2D eigenvalue weighted by atomic mass is 16.3. The second-order valence-electron chi connectivity index (χ2n) is 4.95. The number of hydrogen-bond acceptors (Lipinski definition) is 3. The number of amides is 2. The van der Waals surface area contributed by atoms with E-state index in [4.69, 9.17) is 0 Å². The predicted octanol–water partition coefficient (Wildman–Crippen LogP) is 2.41. The first-order valence-electron chi connectivity index (χ1n) is 7.03. The molecule has 2 aromatic carbocycles. The molecule has 2 N–H and O–H groups in total. The molecule has 3 rings (SSSR count). The van der Waals surface area contributed by atoms with Crippen molar-refractivity contribution in [3.8, 4) is 5.75 Å². The highest BCUT2D eigenvalue weighted by Gasteiger charge is 2.33. The van der Waals surface area contributed by atoms with E-state index < -0.39 is 11.8 Å². The van der Waals surface area contributed by atoms with Crippen LogP contribution in [0.15, 0.2) is 72.3 Å². The van der Waals surface area contributed by atoms with Crippen LogP contribution in [-0.2, 0) is 9.59 Å². The van der Waals surface area contributed by atoms with E-state index in [0.29, 0.717) is 5.69 Å². The largest absolute Gasteiger partial charge is 0.508 e. The molecular weight excluding hydrogens is 292 g/mol. The third kappa shape index (κ3) is 3.13. The number of nitrogens with zero attached hydrogens (tertiary/aromatic N) is 1. The number of phenols is 1. The number of rotatable bonds is 3. The minimum atomic E-state index is -0.436. The number of allylic oxidation sites excluding steroid dienone is 2. The fraction of sp³-hybridized carbons (Fsp3) is 0. The van der Waals surface area contributed by atoms with Crippen LogP contribution in [0.3, 0.4) is 0 Å². The molecule has 5 nitrogen and oxygen atoms in total. The number of phenolic OH excluding ortho intramolecular Hbond substituents is 1. The molecule has 0 bridgehead atoms. The third-order valence-corrected chi connectivity index (χ3v) is 3.35. The van der Waals surface area contributed by atoms with E-state index in [1.165, 1.54) is 11.1 Å². The van der Waals surface area contributed by atoms with Crippen molar-refractivity contribution in [2.24, 2.45) is 0 Å². The van der Waals surface area contributed by atoms with Crippen molar-refractivity contribution in [1.82, 2.24) is 5.43 Å². The van der Waals surface area contributed by atoms with Crippen LogP contribution in [0, 0.1) is 0 Å². The first-order chi connectivity index (χ1) is 11.1.